The predicted octanol–water partition coefficient (Wildman–Crippen LogP) is 2.27. The van der Waals surface area contributed by atoms with Gasteiger partial charge in [0, 0.05) is 37.3 Å². The molecule has 2 aliphatic rings. The van der Waals surface area contributed by atoms with Crippen molar-refractivity contribution >= 4 is 23.6 Å². The molecule has 0 aliphatic heterocycles. The number of carbonyl (C=O) groups excluding carboxylic acids is 1. The van der Waals surface area contributed by atoms with Crippen molar-refractivity contribution in [2.75, 3.05) is 19.8 Å². The number of aliphatic imine (C=N–C) groups is 1. The van der Waals surface area contributed by atoms with Crippen molar-refractivity contribution in [3.8, 4) is 0 Å². The van der Waals surface area contributed by atoms with Gasteiger partial charge in [-0.25, -0.2) is 0 Å². The van der Waals surface area contributed by atoms with Crippen molar-refractivity contribution in [1.29, 1.82) is 0 Å². The fourth-order valence-corrected chi connectivity index (χ4v) is 4.31. The molecule has 3 N–H and O–H groups in total. The Balaban J connectivity index is 1.60. The van der Waals surface area contributed by atoms with Crippen LogP contribution in [-0.2, 0) is 4.79 Å². The number of nitrogens with one attached hydrogen (secondary N) is 3. The molecule has 0 radical (unpaired) electrons. The number of hydrogen-bond donors (Lipinski definition) is 3. The van der Waals surface area contributed by atoms with Crippen LogP contribution in [0, 0.1) is 0 Å². The first-order chi connectivity index (χ1) is 11.2. The lowest BCUT2D eigenvalue weighted by Gasteiger charge is -2.23. The summed E-state index contributed by atoms with van der Waals surface area (Å²) in [6.07, 6.45) is 12.5. The van der Waals surface area contributed by atoms with Gasteiger partial charge in [-0.15, -0.1) is 0 Å². The molecule has 6 heteroatoms. The van der Waals surface area contributed by atoms with Crippen LogP contribution in [-0.4, -0.2) is 49.0 Å². The average Bonchev–Trinajstić information content (AvgIpc) is 3.02. The Kier molecular flexibility index (Phi) is 8.06. The molecule has 0 aromatic rings. The minimum atomic E-state index is 0.156. The van der Waals surface area contributed by atoms with E-state index in [0.29, 0.717) is 25.0 Å². The van der Waals surface area contributed by atoms with Crippen molar-refractivity contribution in [2.24, 2.45) is 4.99 Å². The Morgan fingerprint density at radius 1 is 1.09 bits per heavy atom. The Bertz CT molecular complexity index is 396. The van der Waals surface area contributed by atoms with E-state index in [1.54, 1.807) is 7.05 Å². The average molecular weight is 341 g/mol. The third-order valence-corrected chi connectivity index (χ3v) is 5.99. The maximum absolute atomic E-state index is 12.0. The number of hydrogen-bond acceptors (Lipinski definition) is 3. The topological polar surface area (TPSA) is 65.5 Å². The highest BCUT2D eigenvalue weighted by atomic mass is 32.2. The Morgan fingerprint density at radius 3 is 2.52 bits per heavy atom. The second kappa shape index (κ2) is 10.1. The number of rotatable bonds is 6. The number of guanidine groups is 1. The zero-order valence-corrected chi connectivity index (χ0v) is 15.4. The first-order valence-corrected chi connectivity index (χ1v) is 10.3. The highest BCUT2D eigenvalue weighted by Crippen LogP contribution is 2.27. The monoisotopic (exact) mass is 340 g/mol. The van der Waals surface area contributed by atoms with Crippen LogP contribution in [0.5, 0.6) is 0 Å². The molecule has 0 spiro atoms. The maximum Gasteiger partial charge on any atom is 0.221 e. The number of carbonyl (C=O) groups is 1. The van der Waals surface area contributed by atoms with E-state index in [0.717, 1.165) is 24.1 Å². The van der Waals surface area contributed by atoms with Crippen LogP contribution in [0.4, 0.5) is 0 Å². The molecule has 2 aliphatic carbocycles. The van der Waals surface area contributed by atoms with E-state index < -0.39 is 0 Å². The fraction of sp³-hybridized carbons (Fsp3) is 0.882. The first-order valence-electron chi connectivity index (χ1n) is 9.00. The third kappa shape index (κ3) is 6.61. The normalized spacial score (nSPS) is 26.1. The number of amides is 1. The molecule has 2 fully saturated rings. The van der Waals surface area contributed by atoms with Crippen LogP contribution >= 0.6 is 11.8 Å². The van der Waals surface area contributed by atoms with Crippen molar-refractivity contribution in [1.82, 2.24) is 16.0 Å². The maximum atomic E-state index is 12.0. The standard InChI is InChI=1S/C17H32N4OS/c1-18-17(21-14-8-9-15(12-14)23-2)19-11-10-16(22)20-13-6-4-3-5-7-13/h13-15H,3-12H2,1-2H3,(H,20,22)(H2,18,19,21). The van der Waals surface area contributed by atoms with Crippen LogP contribution in [0.1, 0.15) is 57.8 Å². The lowest BCUT2D eigenvalue weighted by Crippen LogP contribution is -2.44. The van der Waals surface area contributed by atoms with E-state index in [2.05, 4.69) is 27.2 Å². The van der Waals surface area contributed by atoms with Crippen molar-refractivity contribution in [3.05, 3.63) is 0 Å². The molecule has 23 heavy (non-hydrogen) atoms. The van der Waals surface area contributed by atoms with Crippen LogP contribution < -0.4 is 16.0 Å². The third-order valence-electron chi connectivity index (χ3n) is 4.90. The summed E-state index contributed by atoms with van der Waals surface area (Å²) in [4.78, 5) is 16.3. The van der Waals surface area contributed by atoms with Gasteiger partial charge in [0.1, 0.15) is 0 Å². The zero-order chi connectivity index (χ0) is 16.5. The summed E-state index contributed by atoms with van der Waals surface area (Å²) in [5.74, 6) is 0.977. The highest BCUT2D eigenvalue weighted by Gasteiger charge is 2.24. The van der Waals surface area contributed by atoms with Gasteiger partial charge >= 0.3 is 0 Å². The van der Waals surface area contributed by atoms with Crippen molar-refractivity contribution in [2.45, 2.75) is 75.1 Å². The van der Waals surface area contributed by atoms with Gasteiger partial charge in [0.15, 0.2) is 5.96 Å². The number of nitrogens with zero attached hydrogens (tertiary/aromatic N) is 1. The molecule has 1 amide bonds. The Hall–Kier alpha value is -0.910. The summed E-state index contributed by atoms with van der Waals surface area (Å²) in [6.45, 7) is 0.636. The highest BCUT2D eigenvalue weighted by molar-refractivity contribution is 7.99. The van der Waals surface area contributed by atoms with Gasteiger partial charge in [-0.3, -0.25) is 9.79 Å². The molecule has 0 bridgehead atoms. The largest absolute Gasteiger partial charge is 0.356 e. The second-order valence-corrected chi connectivity index (χ2v) is 7.80. The molecule has 2 unspecified atom stereocenters. The lowest BCUT2D eigenvalue weighted by atomic mass is 9.95. The van der Waals surface area contributed by atoms with Gasteiger partial charge in [-0.2, -0.15) is 11.8 Å². The second-order valence-electron chi connectivity index (χ2n) is 6.66. The van der Waals surface area contributed by atoms with Gasteiger partial charge in [-0.05, 0) is 38.4 Å². The fourth-order valence-electron chi connectivity index (χ4n) is 3.51. The SMILES string of the molecule is CN=C(NCCC(=O)NC1CCCCC1)NC1CCC(SC)C1. The smallest absolute Gasteiger partial charge is 0.221 e. The number of thioether (sulfide) groups is 1. The Morgan fingerprint density at radius 2 is 1.87 bits per heavy atom. The minimum Gasteiger partial charge on any atom is -0.356 e. The quantitative estimate of drug-likeness (QED) is 0.513. The summed E-state index contributed by atoms with van der Waals surface area (Å²) >= 11 is 1.96. The molecule has 0 aromatic heterocycles. The molecular formula is C17H32N4OS. The molecule has 2 rings (SSSR count). The van der Waals surface area contributed by atoms with Gasteiger partial charge in [0.05, 0.1) is 0 Å². The molecule has 5 nitrogen and oxygen atoms in total. The summed E-state index contributed by atoms with van der Waals surface area (Å²) < 4.78 is 0. The van der Waals surface area contributed by atoms with Crippen molar-refractivity contribution in [3.63, 3.8) is 0 Å². The molecular weight excluding hydrogens is 308 g/mol. The first kappa shape index (κ1) is 18.4. The van der Waals surface area contributed by atoms with Gasteiger partial charge in [0.2, 0.25) is 5.91 Å². The van der Waals surface area contributed by atoms with E-state index in [-0.39, 0.29) is 5.91 Å². The molecule has 0 saturated heterocycles. The van der Waals surface area contributed by atoms with Gasteiger partial charge in [0.25, 0.3) is 0 Å². The molecule has 132 valence electrons. The summed E-state index contributed by atoms with van der Waals surface area (Å²) in [6, 6.07) is 0.908. The van der Waals surface area contributed by atoms with Gasteiger partial charge < -0.3 is 16.0 Å². The molecule has 2 atom stereocenters. The van der Waals surface area contributed by atoms with Crippen LogP contribution in [0.2, 0.25) is 0 Å². The van der Waals surface area contributed by atoms with Crippen LogP contribution in [0.15, 0.2) is 4.99 Å². The summed E-state index contributed by atoms with van der Waals surface area (Å²) in [7, 11) is 1.79. The van der Waals surface area contributed by atoms with E-state index in [1.807, 2.05) is 11.8 Å². The minimum absolute atomic E-state index is 0.156. The van der Waals surface area contributed by atoms with Gasteiger partial charge in [-0.1, -0.05) is 19.3 Å². The van der Waals surface area contributed by atoms with E-state index in [1.165, 1.54) is 38.5 Å². The zero-order valence-electron chi connectivity index (χ0n) is 14.6. The summed E-state index contributed by atoms with van der Waals surface area (Å²) in [5, 5.41) is 10.7. The van der Waals surface area contributed by atoms with Crippen LogP contribution in [0.25, 0.3) is 0 Å². The van der Waals surface area contributed by atoms with E-state index in [4.69, 9.17) is 0 Å². The molecule has 2 saturated carbocycles. The lowest BCUT2D eigenvalue weighted by molar-refractivity contribution is -0.121. The van der Waals surface area contributed by atoms with E-state index >= 15 is 0 Å². The van der Waals surface area contributed by atoms with E-state index in [9.17, 15) is 4.79 Å². The molecule has 0 heterocycles. The predicted molar refractivity (Wildman–Crippen MR) is 99.1 cm³/mol. The Labute approximate surface area is 144 Å². The van der Waals surface area contributed by atoms with Crippen molar-refractivity contribution < 1.29 is 4.79 Å². The van der Waals surface area contributed by atoms with Crippen LogP contribution in [0.3, 0.4) is 0 Å². The summed E-state index contributed by atoms with van der Waals surface area (Å²) in [5.41, 5.74) is 0. The molecule has 0 aromatic carbocycles.